The van der Waals surface area contributed by atoms with Gasteiger partial charge in [0, 0.05) is 51.3 Å². The summed E-state index contributed by atoms with van der Waals surface area (Å²) in [6.45, 7) is 4.51. The summed E-state index contributed by atoms with van der Waals surface area (Å²) in [4.78, 5) is 15.0. The third-order valence-corrected chi connectivity index (χ3v) is 3.64. The van der Waals surface area contributed by atoms with E-state index in [-0.39, 0.29) is 11.5 Å². The van der Waals surface area contributed by atoms with Crippen molar-refractivity contribution < 1.29 is 13.6 Å². The third-order valence-electron chi connectivity index (χ3n) is 3.64. The van der Waals surface area contributed by atoms with Crippen molar-refractivity contribution in [2.45, 2.75) is 13.0 Å². The average Bonchev–Trinajstić information content (AvgIpc) is 2.39. The van der Waals surface area contributed by atoms with Gasteiger partial charge in [0.15, 0.2) is 0 Å². The number of amides is 1. The Labute approximate surface area is 117 Å². The van der Waals surface area contributed by atoms with Gasteiger partial charge in [-0.25, -0.2) is 8.78 Å². The topological polar surface area (TPSA) is 49.6 Å². The summed E-state index contributed by atoms with van der Waals surface area (Å²) < 4.78 is 27.3. The second-order valence-electron chi connectivity index (χ2n) is 5.05. The molecule has 1 aromatic rings. The molecule has 0 saturated carbocycles. The fourth-order valence-electron chi connectivity index (χ4n) is 2.48. The molecule has 1 fully saturated rings. The largest absolute Gasteiger partial charge is 0.340 e. The molecule has 1 unspecified atom stereocenters. The molecule has 1 atom stereocenters. The summed E-state index contributed by atoms with van der Waals surface area (Å²) in [5.74, 6) is -1.17. The average molecular weight is 283 g/mol. The van der Waals surface area contributed by atoms with Crippen LogP contribution in [0.1, 0.15) is 18.5 Å². The first kappa shape index (κ1) is 14.9. The predicted octanol–water partition coefficient (Wildman–Crippen LogP) is 1.13. The molecule has 0 aliphatic carbocycles. The van der Waals surface area contributed by atoms with Crippen LogP contribution in [0.4, 0.5) is 8.78 Å². The summed E-state index contributed by atoms with van der Waals surface area (Å²) in [5.41, 5.74) is 5.85. The molecule has 0 bridgehead atoms. The fraction of sp³-hybridized carbons (Fsp3) is 0.500. The number of carbonyl (C=O) groups is 1. The molecule has 6 heteroatoms. The minimum absolute atomic E-state index is 0.0501. The van der Waals surface area contributed by atoms with E-state index in [2.05, 4.69) is 0 Å². The number of nitrogens with two attached hydrogens (primary N) is 1. The molecule has 1 aliphatic heterocycles. The van der Waals surface area contributed by atoms with Crippen LogP contribution in [0.15, 0.2) is 18.2 Å². The highest BCUT2D eigenvalue weighted by molar-refractivity contribution is 5.73. The van der Waals surface area contributed by atoms with Crippen molar-refractivity contribution in [3.63, 3.8) is 0 Å². The summed E-state index contributed by atoms with van der Waals surface area (Å²) in [5, 5.41) is 0. The zero-order valence-corrected chi connectivity index (χ0v) is 11.5. The predicted molar refractivity (Wildman–Crippen MR) is 72.0 cm³/mol. The van der Waals surface area contributed by atoms with Crippen LogP contribution in [0.25, 0.3) is 0 Å². The molecule has 1 aliphatic rings. The maximum atomic E-state index is 13.6. The van der Waals surface area contributed by atoms with Crippen LogP contribution in [0.3, 0.4) is 0 Å². The first-order valence-electron chi connectivity index (χ1n) is 6.66. The molecule has 1 aromatic carbocycles. The monoisotopic (exact) mass is 283 g/mol. The SMILES string of the molecule is CC(=O)N1CCN(CC(N)c2c(F)cccc2F)CC1. The van der Waals surface area contributed by atoms with Crippen LogP contribution in [-0.2, 0) is 4.79 Å². The number of benzene rings is 1. The summed E-state index contributed by atoms with van der Waals surface area (Å²) in [7, 11) is 0. The Morgan fingerprint density at radius 3 is 2.30 bits per heavy atom. The maximum absolute atomic E-state index is 13.6. The number of hydrogen-bond acceptors (Lipinski definition) is 3. The minimum Gasteiger partial charge on any atom is -0.340 e. The molecule has 2 rings (SSSR count). The number of rotatable bonds is 3. The second kappa shape index (κ2) is 6.28. The van der Waals surface area contributed by atoms with Gasteiger partial charge in [-0.1, -0.05) is 6.07 Å². The Bertz CT molecular complexity index is 467. The molecular weight excluding hydrogens is 264 g/mol. The van der Waals surface area contributed by atoms with Crippen molar-refractivity contribution in [1.29, 1.82) is 0 Å². The first-order valence-corrected chi connectivity index (χ1v) is 6.66. The van der Waals surface area contributed by atoms with Crippen molar-refractivity contribution in [1.82, 2.24) is 9.80 Å². The van der Waals surface area contributed by atoms with Gasteiger partial charge in [0.05, 0.1) is 0 Å². The smallest absolute Gasteiger partial charge is 0.219 e. The molecule has 0 radical (unpaired) electrons. The molecule has 0 aromatic heterocycles. The van der Waals surface area contributed by atoms with Gasteiger partial charge in [-0.3, -0.25) is 9.69 Å². The highest BCUT2D eigenvalue weighted by atomic mass is 19.1. The lowest BCUT2D eigenvalue weighted by atomic mass is 10.1. The lowest BCUT2D eigenvalue weighted by Gasteiger charge is -2.35. The fourth-order valence-corrected chi connectivity index (χ4v) is 2.48. The summed E-state index contributed by atoms with van der Waals surface area (Å²) in [6.07, 6.45) is 0. The van der Waals surface area contributed by atoms with E-state index in [1.54, 1.807) is 4.90 Å². The van der Waals surface area contributed by atoms with E-state index in [9.17, 15) is 13.6 Å². The van der Waals surface area contributed by atoms with Gasteiger partial charge in [0.1, 0.15) is 11.6 Å². The molecule has 20 heavy (non-hydrogen) atoms. The first-order chi connectivity index (χ1) is 9.49. The Kier molecular flexibility index (Phi) is 4.67. The van der Waals surface area contributed by atoms with Gasteiger partial charge in [-0.15, -0.1) is 0 Å². The van der Waals surface area contributed by atoms with Crippen LogP contribution < -0.4 is 5.73 Å². The van der Waals surface area contributed by atoms with E-state index in [0.29, 0.717) is 32.7 Å². The molecule has 1 amide bonds. The number of carbonyl (C=O) groups excluding carboxylic acids is 1. The van der Waals surface area contributed by atoms with E-state index >= 15 is 0 Å². The summed E-state index contributed by atoms with van der Waals surface area (Å²) >= 11 is 0. The van der Waals surface area contributed by atoms with Crippen LogP contribution >= 0.6 is 0 Å². The Morgan fingerprint density at radius 2 is 1.80 bits per heavy atom. The zero-order valence-electron chi connectivity index (χ0n) is 11.5. The summed E-state index contributed by atoms with van der Waals surface area (Å²) in [6, 6.07) is 3.05. The van der Waals surface area contributed by atoms with E-state index in [0.717, 1.165) is 0 Å². The molecule has 4 nitrogen and oxygen atoms in total. The Morgan fingerprint density at radius 1 is 1.25 bits per heavy atom. The van der Waals surface area contributed by atoms with E-state index in [4.69, 9.17) is 5.73 Å². The third kappa shape index (κ3) is 3.32. The van der Waals surface area contributed by atoms with Crippen LogP contribution in [0.2, 0.25) is 0 Å². The number of piperazine rings is 1. The van der Waals surface area contributed by atoms with E-state index in [1.165, 1.54) is 25.1 Å². The van der Waals surface area contributed by atoms with Gasteiger partial charge < -0.3 is 10.6 Å². The van der Waals surface area contributed by atoms with E-state index < -0.39 is 17.7 Å². The standard InChI is InChI=1S/C14H19F2N3O/c1-10(20)19-7-5-18(6-8-19)9-13(17)14-11(15)3-2-4-12(14)16/h2-4,13H,5-9,17H2,1H3. The lowest BCUT2D eigenvalue weighted by molar-refractivity contribution is -0.130. The highest BCUT2D eigenvalue weighted by Gasteiger charge is 2.23. The Balaban J connectivity index is 1.96. The van der Waals surface area contributed by atoms with Gasteiger partial charge in [0.2, 0.25) is 5.91 Å². The quantitative estimate of drug-likeness (QED) is 0.904. The lowest BCUT2D eigenvalue weighted by Crippen LogP contribution is -2.49. The van der Waals surface area contributed by atoms with Crippen molar-refractivity contribution in [2.75, 3.05) is 32.7 Å². The second-order valence-corrected chi connectivity index (χ2v) is 5.05. The molecule has 2 N–H and O–H groups in total. The van der Waals surface area contributed by atoms with Gasteiger partial charge in [-0.2, -0.15) is 0 Å². The van der Waals surface area contributed by atoms with Crippen LogP contribution in [0, 0.1) is 11.6 Å². The van der Waals surface area contributed by atoms with Crippen molar-refractivity contribution in [3.8, 4) is 0 Å². The van der Waals surface area contributed by atoms with Gasteiger partial charge in [0.25, 0.3) is 0 Å². The van der Waals surface area contributed by atoms with Crippen molar-refractivity contribution in [3.05, 3.63) is 35.4 Å². The van der Waals surface area contributed by atoms with Crippen LogP contribution in [0.5, 0.6) is 0 Å². The van der Waals surface area contributed by atoms with Gasteiger partial charge in [-0.05, 0) is 12.1 Å². The molecule has 1 heterocycles. The normalized spacial score (nSPS) is 18.1. The number of halogens is 2. The van der Waals surface area contributed by atoms with Crippen LogP contribution in [-0.4, -0.2) is 48.4 Å². The zero-order chi connectivity index (χ0) is 14.7. The molecule has 1 saturated heterocycles. The molecule has 110 valence electrons. The molecule has 0 spiro atoms. The van der Waals surface area contributed by atoms with E-state index in [1.807, 2.05) is 4.90 Å². The highest BCUT2D eigenvalue weighted by Crippen LogP contribution is 2.20. The maximum Gasteiger partial charge on any atom is 0.219 e. The minimum atomic E-state index is -0.708. The van der Waals surface area contributed by atoms with Crippen molar-refractivity contribution in [2.24, 2.45) is 5.73 Å². The number of hydrogen-bond donors (Lipinski definition) is 1. The Hall–Kier alpha value is -1.53. The number of nitrogens with zero attached hydrogens (tertiary/aromatic N) is 2. The molecular formula is C14H19F2N3O. The van der Waals surface area contributed by atoms with Gasteiger partial charge >= 0.3 is 0 Å². The van der Waals surface area contributed by atoms with Crippen molar-refractivity contribution >= 4 is 5.91 Å².